The van der Waals surface area contributed by atoms with Gasteiger partial charge in [-0.2, -0.15) is 4.98 Å². The molecule has 0 aliphatic rings. The van der Waals surface area contributed by atoms with Gasteiger partial charge in [0.2, 0.25) is 5.82 Å². The smallest absolute Gasteiger partial charge is 0.349 e. The van der Waals surface area contributed by atoms with E-state index in [0.29, 0.717) is 11.2 Å². The molecule has 2 heterocycles. The Kier molecular flexibility index (Phi) is 5.42. The molecule has 0 aliphatic heterocycles. The highest BCUT2D eigenvalue weighted by Gasteiger charge is 2.22. The Morgan fingerprint density at radius 2 is 1.84 bits per heavy atom. The Labute approximate surface area is 185 Å². The zero-order chi connectivity index (χ0) is 23.0. The van der Waals surface area contributed by atoms with E-state index in [9.17, 15) is 9.59 Å². The average molecular weight is 432 g/mol. The maximum absolute atomic E-state index is 12.8. The maximum Gasteiger partial charge on any atom is 0.349 e. The highest BCUT2D eigenvalue weighted by Crippen LogP contribution is 2.34. The topological polar surface area (TPSA) is 95.4 Å². The van der Waals surface area contributed by atoms with E-state index < -0.39 is 11.6 Å². The van der Waals surface area contributed by atoms with Crippen LogP contribution in [0.1, 0.15) is 45.2 Å². The van der Waals surface area contributed by atoms with Crippen LogP contribution < -0.4 is 10.4 Å². The van der Waals surface area contributed by atoms with E-state index >= 15 is 0 Å². The normalized spacial score (nSPS) is 11.7. The van der Waals surface area contributed by atoms with Crippen molar-refractivity contribution in [2.75, 3.05) is 0 Å². The largest absolute Gasteiger partial charge is 0.422 e. The van der Waals surface area contributed by atoms with Crippen molar-refractivity contribution in [2.45, 2.75) is 46.5 Å². The molecule has 0 saturated heterocycles. The summed E-state index contributed by atoms with van der Waals surface area (Å²) >= 11 is 0. The molecule has 0 spiro atoms. The van der Waals surface area contributed by atoms with Gasteiger partial charge in [-0.3, -0.25) is 4.79 Å². The van der Waals surface area contributed by atoms with E-state index in [-0.39, 0.29) is 34.6 Å². The quantitative estimate of drug-likeness (QED) is 0.241. The summed E-state index contributed by atoms with van der Waals surface area (Å²) in [4.78, 5) is 29.2. The lowest BCUT2D eigenvalue weighted by Gasteiger charge is -2.20. The highest BCUT2D eigenvalue weighted by atomic mass is 16.5. The van der Waals surface area contributed by atoms with Gasteiger partial charge in [0.05, 0.1) is 0 Å². The second kappa shape index (κ2) is 8.07. The molecule has 7 nitrogen and oxygen atoms in total. The van der Waals surface area contributed by atoms with Gasteiger partial charge >= 0.3 is 11.6 Å². The first-order chi connectivity index (χ1) is 15.2. The number of esters is 1. The number of rotatable bonds is 4. The number of nitrogens with zero attached hydrogens (tertiary/aromatic N) is 2. The minimum Gasteiger partial charge on any atom is -0.422 e. The van der Waals surface area contributed by atoms with E-state index in [0.717, 1.165) is 16.7 Å². The van der Waals surface area contributed by atoms with E-state index in [4.69, 9.17) is 13.7 Å². The maximum atomic E-state index is 12.8. The van der Waals surface area contributed by atoms with Gasteiger partial charge in [-0.15, -0.1) is 0 Å². The summed E-state index contributed by atoms with van der Waals surface area (Å²) in [6, 6.07) is 12.9. The molecular formula is C25H24N2O5. The third kappa shape index (κ3) is 4.06. The van der Waals surface area contributed by atoms with Gasteiger partial charge in [0, 0.05) is 17.4 Å². The lowest BCUT2D eigenvalue weighted by atomic mass is 9.86. The van der Waals surface area contributed by atoms with Crippen molar-refractivity contribution >= 4 is 16.9 Å². The number of hydrogen-bond acceptors (Lipinski definition) is 7. The van der Waals surface area contributed by atoms with Crippen LogP contribution in [0, 0.1) is 6.92 Å². The predicted octanol–water partition coefficient (Wildman–Crippen LogP) is 5.43. The van der Waals surface area contributed by atoms with Crippen LogP contribution in [0.2, 0.25) is 0 Å². The third-order valence-electron chi connectivity index (χ3n) is 5.22. The van der Waals surface area contributed by atoms with Crippen molar-refractivity contribution in [3.8, 4) is 28.6 Å². The fourth-order valence-electron chi connectivity index (χ4n) is 3.32. The van der Waals surface area contributed by atoms with Gasteiger partial charge in [-0.05, 0) is 41.7 Å². The molecular weight excluding hydrogens is 408 g/mol. The number of ether oxygens (including phenoxy) is 1. The summed E-state index contributed by atoms with van der Waals surface area (Å²) < 4.78 is 16.4. The predicted molar refractivity (Wildman–Crippen MR) is 121 cm³/mol. The molecule has 2 aromatic carbocycles. The van der Waals surface area contributed by atoms with Gasteiger partial charge in [0.25, 0.3) is 5.89 Å². The van der Waals surface area contributed by atoms with Crippen molar-refractivity contribution in [3.63, 3.8) is 0 Å². The fourth-order valence-corrected chi connectivity index (χ4v) is 3.32. The van der Waals surface area contributed by atoms with Crippen LogP contribution in [-0.2, 0) is 10.2 Å². The van der Waals surface area contributed by atoms with E-state index in [1.165, 1.54) is 0 Å². The van der Waals surface area contributed by atoms with Crippen molar-refractivity contribution in [2.24, 2.45) is 0 Å². The lowest BCUT2D eigenvalue weighted by molar-refractivity contribution is -0.133. The molecule has 0 fully saturated rings. The Hall–Kier alpha value is -3.74. The van der Waals surface area contributed by atoms with Gasteiger partial charge in [-0.25, -0.2) is 4.79 Å². The summed E-state index contributed by atoms with van der Waals surface area (Å²) in [5.74, 6) is 0.253. The summed E-state index contributed by atoms with van der Waals surface area (Å²) in [5.41, 5.74) is 2.19. The van der Waals surface area contributed by atoms with Crippen molar-refractivity contribution in [1.82, 2.24) is 10.1 Å². The molecule has 0 aliphatic carbocycles. The van der Waals surface area contributed by atoms with Gasteiger partial charge < -0.3 is 13.7 Å². The van der Waals surface area contributed by atoms with Crippen LogP contribution in [0.25, 0.3) is 33.8 Å². The minimum absolute atomic E-state index is 0.0622. The Morgan fingerprint density at radius 3 is 2.53 bits per heavy atom. The SMILES string of the molecule is CCC(=O)Oc1cc(C(C)(C)C)cc2cc(-c3nc(-c4ccccc4C)no3)c(=O)oc12. The minimum atomic E-state index is -0.658. The standard InChI is InChI=1S/C25H24N2O5/c1-6-20(28)30-19-13-16(25(3,4)5)11-15-12-18(24(29)31-21(15)19)23-26-22(27-32-23)17-10-8-7-9-14(17)2/h7-13H,6H2,1-5H3. The molecule has 2 aromatic heterocycles. The lowest BCUT2D eigenvalue weighted by Crippen LogP contribution is -2.13. The number of benzene rings is 2. The van der Waals surface area contributed by atoms with E-state index in [1.54, 1.807) is 19.1 Å². The number of fused-ring (bicyclic) bond motifs is 1. The molecule has 0 saturated carbocycles. The van der Waals surface area contributed by atoms with Crippen LogP contribution in [0.4, 0.5) is 0 Å². The monoisotopic (exact) mass is 432 g/mol. The Morgan fingerprint density at radius 1 is 1.09 bits per heavy atom. The van der Waals surface area contributed by atoms with E-state index in [2.05, 4.69) is 10.1 Å². The Bertz CT molecular complexity index is 1380. The molecule has 0 radical (unpaired) electrons. The second-order valence-corrected chi connectivity index (χ2v) is 8.66. The molecule has 164 valence electrons. The third-order valence-corrected chi connectivity index (χ3v) is 5.22. The van der Waals surface area contributed by atoms with Crippen molar-refractivity contribution in [1.29, 1.82) is 0 Å². The molecule has 7 heteroatoms. The van der Waals surface area contributed by atoms with Crippen LogP contribution in [0.3, 0.4) is 0 Å². The molecule has 0 N–H and O–H groups in total. The summed E-state index contributed by atoms with van der Waals surface area (Å²) in [6.07, 6.45) is 0.202. The van der Waals surface area contributed by atoms with Gasteiger partial charge in [-0.1, -0.05) is 57.1 Å². The highest BCUT2D eigenvalue weighted by molar-refractivity contribution is 5.88. The number of carbonyl (C=O) groups excluding carboxylic acids is 1. The second-order valence-electron chi connectivity index (χ2n) is 8.66. The molecule has 0 bridgehead atoms. The average Bonchev–Trinajstić information content (AvgIpc) is 3.22. The van der Waals surface area contributed by atoms with Crippen molar-refractivity contribution < 1.29 is 18.5 Å². The summed E-state index contributed by atoms with van der Waals surface area (Å²) in [5, 5.41) is 4.63. The van der Waals surface area contributed by atoms with Crippen LogP contribution in [-0.4, -0.2) is 16.1 Å². The van der Waals surface area contributed by atoms with Crippen molar-refractivity contribution in [3.05, 3.63) is 64.0 Å². The van der Waals surface area contributed by atoms with Crippen LogP contribution in [0.5, 0.6) is 5.75 Å². The number of carbonyl (C=O) groups is 1. The number of aromatic nitrogens is 2. The van der Waals surface area contributed by atoms with Crippen LogP contribution >= 0.6 is 0 Å². The first kappa shape index (κ1) is 21.5. The number of aryl methyl sites for hydroxylation is 1. The molecule has 4 rings (SSSR count). The van der Waals surface area contributed by atoms with Crippen LogP contribution in [0.15, 0.2) is 56.2 Å². The number of hydrogen-bond donors (Lipinski definition) is 0. The van der Waals surface area contributed by atoms with Gasteiger partial charge in [0.1, 0.15) is 5.56 Å². The summed E-state index contributed by atoms with van der Waals surface area (Å²) in [6.45, 7) is 9.79. The molecule has 0 unspecified atom stereocenters. The Balaban J connectivity index is 1.87. The molecule has 0 amide bonds. The zero-order valence-electron chi connectivity index (χ0n) is 18.7. The first-order valence-corrected chi connectivity index (χ1v) is 10.4. The molecule has 4 aromatic rings. The fraction of sp³-hybridized carbons (Fsp3) is 0.280. The van der Waals surface area contributed by atoms with E-state index in [1.807, 2.05) is 58.0 Å². The molecule has 32 heavy (non-hydrogen) atoms. The summed E-state index contributed by atoms with van der Waals surface area (Å²) in [7, 11) is 0. The first-order valence-electron chi connectivity index (χ1n) is 10.4. The van der Waals surface area contributed by atoms with Gasteiger partial charge in [0.15, 0.2) is 11.3 Å². The molecule has 0 atom stereocenters. The zero-order valence-corrected chi connectivity index (χ0v) is 18.7.